The van der Waals surface area contributed by atoms with Gasteiger partial charge in [-0.2, -0.15) is 0 Å². The van der Waals surface area contributed by atoms with Crippen LogP contribution in [0.3, 0.4) is 0 Å². The Morgan fingerprint density at radius 2 is 2.35 bits per heavy atom. The number of piperidine rings is 1. The van der Waals surface area contributed by atoms with Crippen LogP contribution in [0.5, 0.6) is 0 Å². The standard InChI is InChI=1S/C15H23N3O2/c1-4-20-15(19)12-7-8-14(16-10-12)18(3)13-6-5-9-17(2)11-13/h7-8,10,13H,4-6,9,11H2,1-3H3. The fraction of sp³-hybridized carbons (Fsp3) is 0.600. The van der Waals surface area contributed by atoms with Crippen LogP contribution < -0.4 is 4.90 Å². The molecule has 1 aromatic rings. The Balaban J connectivity index is 2.03. The highest BCUT2D eigenvalue weighted by molar-refractivity contribution is 5.89. The minimum absolute atomic E-state index is 0.313. The van der Waals surface area contributed by atoms with Crippen LogP contribution in [0.1, 0.15) is 30.1 Å². The highest BCUT2D eigenvalue weighted by Crippen LogP contribution is 2.19. The van der Waals surface area contributed by atoms with E-state index in [0.29, 0.717) is 18.2 Å². The van der Waals surface area contributed by atoms with Crippen LogP contribution in [0.15, 0.2) is 18.3 Å². The molecule has 1 aromatic heterocycles. The molecule has 1 fully saturated rings. The first kappa shape index (κ1) is 14.8. The van der Waals surface area contributed by atoms with Gasteiger partial charge in [0.1, 0.15) is 5.82 Å². The van der Waals surface area contributed by atoms with Crippen molar-refractivity contribution < 1.29 is 9.53 Å². The maximum atomic E-state index is 11.6. The van der Waals surface area contributed by atoms with E-state index in [1.807, 2.05) is 6.07 Å². The zero-order valence-corrected chi connectivity index (χ0v) is 12.5. The molecule has 0 N–H and O–H groups in total. The number of nitrogens with zero attached hydrogens (tertiary/aromatic N) is 3. The minimum Gasteiger partial charge on any atom is -0.462 e. The third kappa shape index (κ3) is 3.48. The minimum atomic E-state index is -0.313. The Morgan fingerprint density at radius 3 is 2.95 bits per heavy atom. The third-order valence-electron chi connectivity index (χ3n) is 3.77. The SMILES string of the molecule is CCOC(=O)c1ccc(N(C)C2CCCN(C)C2)nc1. The van der Waals surface area contributed by atoms with Crippen molar-refractivity contribution in [2.24, 2.45) is 0 Å². The van der Waals surface area contributed by atoms with Gasteiger partial charge in [0.15, 0.2) is 0 Å². The van der Waals surface area contributed by atoms with Crippen LogP contribution in [-0.2, 0) is 4.74 Å². The van der Waals surface area contributed by atoms with E-state index in [1.54, 1.807) is 19.2 Å². The van der Waals surface area contributed by atoms with Crippen molar-refractivity contribution in [3.8, 4) is 0 Å². The molecule has 2 rings (SSSR count). The van der Waals surface area contributed by atoms with Gasteiger partial charge < -0.3 is 14.5 Å². The average Bonchev–Trinajstić information content (AvgIpc) is 2.47. The van der Waals surface area contributed by atoms with Crippen LogP contribution in [0.4, 0.5) is 5.82 Å². The highest BCUT2D eigenvalue weighted by atomic mass is 16.5. The first-order valence-corrected chi connectivity index (χ1v) is 7.16. The van der Waals surface area contributed by atoms with Crippen molar-refractivity contribution in [1.29, 1.82) is 0 Å². The molecule has 1 aliphatic heterocycles. The molecule has 5 heteroatoms. The Kier molecular flexibility index (Phi) is 4.95. The van der Waals surface area contributed by atoms with E-state index in [2.05, 4.69) is 28.9 Å². The molecule has 0 saturated carbocycles. The number of carbonyl (C=O) groups excluding carboxylic acids is 1. The fourth-order valence-corrected chi connectivity index (χ4v) is 2.57. The molecule has 1 unspecified atom stereocenters. The summed E-state index contributed by atoms with van der Waals surface area (Å²) in [5.74, 6) is 0.588. The van der Waals surface area contributed by atoms with E-state index in [1.165, 1.54) is 19.4 Å². The zero-order valence-electron chi connectivity index (χ0n) is 12.5. The Bertz CT molecular complexity index is 447. The van der Waals surface area contributed by atoms with E-state index in [9.17, 15) is 4.79 Å². The second-order valence-corrected chi connectivity index (χ2v) is 5.29. The van der Waals surface area contributed by atoms with Gasteiger partial charge in [-0.1, -0.05) is 0 Å². The number of hydrogen-bond donors (Lipinski definition) is 0. The number of carbonyl (C=O) groups is 1. The van der Waals surface area contributed by atoms with E-state index in [-0.39, 0.29) is 5.97 Å². The predicted octanol–water partition coefficient (Wildman–Crippen LogP) is 1.79. The number of anilines is 1. The molecule has 0 aliphatic carbocycles. The van der Waals surface area contributed by atoms with Gasteiger partial charge in [-0.25, -0.2) is 9.78 Å². The maximum Gasteiger partial charge on any atom is 0.339 e. The monoisotopic (exact) mass is 277 g/mol. The molecule has 0 radical (unpaired) electrons. The lowest BCUT2D eigenvalue weighted by atomic mass is 10.1. The topological polar surface area (TPSA) is 45.7 Å². The highest BCUT2D eigenvalue weighted by Gasteiger charge is 2.22. The van der Waals surface area contributed by atoms with Gasteiger partial charge in [0, 0.05) is 25.8 Å². The van der Waals surface area contributed by atoms with Crippen molar-refractivity contribution in [3.63, 3.8) is 0 Å². The molecule has 0 aromatic carbocycles. The van der Waals surface area contributed by atoms with E-state index in [0.717, 1.165) is 12.4 Å². The fourth-order valence-electron chi connectivity index (χ4n) is 2.57. The van der Waals surface area contributed by atoms with E-state index >= 15 is 0 Å². The van der Waals surface area contributed by atoms with Crippen LogP contribution in [-0.4, -0.2) is 55.7 Å². The number of hydrogen-bond acceptors (Lipinski definition) is 5. The van der Waals surface area contributed by atoms with Gasteiger partial charge >= 0.3 is 5.97 Å². The van der Waals surface area contributed by atoms with Crippen LogP contribution in [0.2, 0.25) is 0 Å². The van der Waals surface area contributed by atoms with Gasteiger partial charge in [0.2, 0.25) is 0 Å². The number of rotatable bonds is 4. The van der Waals surface area contributed by atoms with Gasteiger partial charge in [-0.15, -0.1) is 0 Å². The van der Waals surface area contributed by atoms with Gasteiger partial charge in [-0.3, -0.25) is 0 Å². The summed E-state index contributed by atoms with van der Waals surface area (Å²) in [7, 11) is 4.22. The van der Waals surface area contributed by atoms with E-state index < -0.39 is 0 Å². The summed E-state index contributed by atoms with van der Waals surface area (Å²) in [4.78, 5) is 20.5. The van der Waals surface area contributed by atoms with Crippen molar-refractivity contribution in [3.05, 3.63) is 23.9 Å². The predicted molar refractivity (Wildman–Crippen MR) is 79.1 cm³/mol. The lowest BCUT2D eigenvalue weighted by molar-refractivity contribution is 0.0526. The summed E-state index contributed by atoms with van der Waals surface area (Å²) < 4.78 is 4.96. The first-order chi connectivity index (χ1) is 9.61. The molecule has 2 heterocycles. The van der Waals surface area contributed by atoms with Crippen molar-refractivity contribution >= 4 is 11.8 Å². The number of esters is 1. The molecule has 20 heavy (non-hydrogen) atoms. The van der Waals surface area contributed by atoms with Gasteiger partial charge in [-0.05, 0) is 45.5 Å². The number of ether oxygens (including phenoxy) is 1. The Labute approximate surface area is 120 Å². The van der Waals surface area contributed by atoms with Crippen LogP contribution in [0, 0.1) is 0 Å². The number of pyridine rings is 1. The largest absolute Gasteiger partial charge is 0.462 e. The number of likely N-dealkylation sites (N-methyl/N-ethyl adjacent to an activating group) is 2. The van der Waals surface area contributed by atoms with Crippen LogP contribution >= 0.6 is 0 Å². The van der Waals surface area contributed by atoms with Crippen molar-refractivity contribution in [2.45, 2.75) is 25.8 Å². The Morgan fingerprint density at radius 1 is 1.55 bits per heavy atom. The molecule has 1 atom stereocenters. The number of likely N-dealkylation sites (tertiary alicyclic amines) is 1. The summed E-state index contributed by atoms with van der Waals surface area (Å²) in [6.45, 7) is 4.40. The molecule has 0 amide bonds. The van der Waals surface area contributed by atoms with Crippen molar-refractivity contribution in [1.82, 2.24) is 9.88 Å². The third-order valence-corrected chi connectivity index (χ3v) is 3.77. The molecular formula is C15H23N3O2. The normalized spacial score (nSPS) is 19.6. The lowest BCUT2D eigenvalue weighted by Crippen LogP contribution is -2.45. The summed E-state index contributed by atoms with van der Waals surface area (Å²) in [6.07, 6.45) is 3.99. The summed E-state index contributed by atoms with van der Waals surface area (Å²) in [6, 6.07) is 4.15. The summed E-state index contributed by atoms with van der Waals surface area (Å²) in [5.41, 5.74) is 0.504. The second-order valence-electron chi connectivity index (χ2n) is 5.29. The quantitative estimate of drug-likeness (QED) is 0.785. The lowest BCUT2D eigenvalue weighted by Gasteiger charge is -2.36. The molecular weight excluding hydrogens is 254 g/mol. The van der Waals surface area contributed by atoms with E-state index in [4.69, 9.17) is 4.74 Å². The second kappa shape index (κ2) is 6.70. The Hall–Kier alpha value is -1.62. The molecule has 1 saturated heterocycles. The average molecular weight is 277 g/mol. The van der Waals surface area contributed by atoms with Crippen molar-refractivity contribution in [2.75, 3.05) is 38.7 Å². The zero-order chi connectivity index (χ0) is 14.5. The molecule has 0 bridgehead atoms. The van der Waals surface area contributed by atoms with Crippen LogP contribution in [0.25, 0.3) is 0 Å². The van der Waals surface area contributed by atoms with Gasteiger partial charge in [0.25, 0.3) is 0 Å². The first-order valence-electron chi connectivity index (χ1n) is 7.16. The number of aromatic nitrogens is 1. The summed E-state index contributed by atoms with van der Waals surface area (Å²) >= 11 is 0. The molecule has 0 spiro atoms. The smallest absolute Gasteiger partial charge is 0.339 e. The molecule has 110 valence electrons. The molecule has 5 nitrogen and oxygen atoms in total. The van der Waals surface area contributed by atoms with Gasteiger partial charge in [0.05, 0.1) is 12.2 Å². The summed E-state index contributed by atoms with van der Waals surface area (Å²) in [5, 5.41) is 0. The maximum absolute atomic E-state index is 11.6. The molecule has 1 aliphatic rings.